The monoisotopic (exact) mass is 181 g/mol. The van der Waals surface area contributed by atoms with Gasteiger partial charge < -0.3 is 4.74 Å². The number of ether oxygens (including phenoxy) is 1. The van der Waals surface area contributed by atoms with E-state index in [2.05, 4.69) is 0 Å². The van der Waals surface area contributed by atoms with Gasteiger partial charge in [0.25, 0.3) is 0 Å². The molecule has 3 heteroatoms. The van der Waals surface area contributed by atoms with Gasteiger partial charge in [-0.15, -0.1) is 0 Å². The third-order valence-corrected chi connectivity index (χ3v) is 2.26. The number of hydrogen-bond donors (Lipinski definition) is 1. The zero-order valence-electron chi connectivity index (χ0n) is 7.51. The van der Waals surface area contributed by atoms with E-state index >= 15 is 0 Å². The molecule has 0 amide bonds. The second-order valence-corrected chi connectivity index (χ2v) is 3.67. The van der Waals surface area contributed by atoms with E-state index in [0.717, 1.165) is 18.4 Å². The summed E-state index contributed by atoms with van der Waals surface area (Å²) < 4.78 is 18.3. The fraction of sp³-hybridized carbons (Fsp3) is 0.400. The summed E-state index contributed by atoms with van der Waals surface area (Å²) in [6.45, 7) is 1.81. The molecule has 2 nitrogen and oxygen atoms in total. The van der Waals surface area contributed by atoms with Gasteiger partial charge in [-0.25, -0.2) is 4.39 Å². The molecule has 70 valence electrons. The van der Waals surface area contributed by atoms with Gasteiger partial charge in [-0.3, -0.25) is 5.73 Å². The number of rotatable bonds is 0. The maximum absolute atomic E-state index is 12.8. The van der Waals surface area contributed by atoms with Crippen molar-refractivity contribution < 1.29 is 9.13 Å². The summed E-state index contributed by atoms with van der Waals surface area (Å²) in [7, 11) is 0. The van der Waals surface area contributed by atoms with Gasteiger partial charge in [0, 0.05) is 12.5 Å². The molecule has 2 N–H and O–H groups in total. The number of hydrogen-bond acceptors (Lipinski definition) is 2. The third-order valence-electron chi connectivity index (χ3n) is 2.26. The van der Waals surface area contributed by atoms with Crippen molar-refractivity contribution >= 4 is 0 Å². The Kier molecular flexibility index (Phi) is 1.77. The Morgan fingerprint density at radius 3 is 3.08 bits per heavy atom. The minimum Gasteiger partial charge on any atom is -0.473 e. The Hall–Kier alpha value is -1.09. The standard InChI is InChI=1S/C10H12FNO/c1-10(12)5-4-7-2-3-8(11)6-9(7)13-10/h2-3,6H,4-5,12H2,1H3. The van der Waals surface area contributed by atoms with Crippen LogP contribution in [0.1, 0.15) is 18.9 Å². The van der Waals surface area contributed by atoms with E-state index in [0.29, 0.717) is 5.75 Å². The van der Waals surface area contributed by atoms with Crippen molar-refractivity contribution in [2.24, 2.45) is 5.73 Å². The van der Waals surface area contributed by atoms with Crippen LogP contribution in [-0.2, 0) is 6.42 Å². The predicted octanol–water partition coefficient (Wildman–Crippen LogP) is 1.83. The first kappa shape index (κ1) is 8.51. The molecule has 13 heavy (non-hydrogen) atoms. The van der Waals surface area contributed by atoms with E-state index in [1.165, 1.54) is 12.1 Å². The molecule has 0 fully saturated rings. The van der Waals surface area contributed by atoms with Crippen molar-refractivity contribution in [1.82, 2.24) is 0 Å². The first-order valence-corrected chi connectivity index (χ1v) is 4.33. The number of halogens is 1. The number of nitrogens with two attached hydrogens (primary N) is 1. The molecule has 0 saturated carbocycles. The van der Waals surface area contributed by atoms with E-state index in [9.17, 15) is 4.39 Å². The fourth-order valence-electron chi connectivity index (χ4n) is 1.52. The van der Waals surface area contributed by atoms with Crippen LogP contribution in [0.5, 0.6) is 5.75 Å². The summed E-state index contributed by atoms with van der Waals surface area (Å²) in [4.78, 5) is 0. The molecule has 0 aromatic heterocycles. The van der Waals surface area contributed by atoms with Crippen molar-refractivity contribution in [3.63, 3.8) is 0 Å². The minimum atomic E-state index is -0.652. The van der Waals surface area contributed by atoms with Crippen LogP contribution in [0.3, 0.4) is 0 Å². The van der Waals surface area contributed by atoms with Crippen LogP contribution in [0, 0.1) is 5.82 Å². The lowest BCUT2D eigenvalue weighted by Gasteiger charge is -2.32. The lowest BCUT2D eigenvalue weighted by atomic mass is 10.00. The van der Waals surface area contributed by atoms with Gasteiger partial charge in [0.2, 0.25) is 0 Å². The zero-order valence-corrected chi connectivity index (χ0v) is 7.51. The topological polar surface area (TPSA) is 35.2 Å². The average molecular weight is 181 g/mol. The molecule has 0 saturated heterocycles. The summed E-state index contributed by atoms with van der Waals surface area (Å²) in [6, 6.07) is 4.58. The van der Waals surface area contributed by atoms with E-state index in [1.54, 1.807) is 13.0 Å². The van der Waals surface area contributed by atoms with E-state index < -0.39 is 5.72 Å². The lowest BCUT2D eigenvalue weighted by molar-refractivity contribution is 0.0715. The first-order valence-electron chi connectivity index (χ1n) is 4.33. The van der Waals surface area contributed by atoms with Crippen LogP contribution < -0.4 is 10.5 Å². The Labute approximate surface area is 76.5 Å². The Bertz CT molecular complexity index is 336. The van der Waals surface area contributed by atoms with Gasteiger partial charge in [-0.2, -0.15) is 0 Å². The van der Waals surface area contributed by atoms with Crippen molar-refractivity contribution in [3.05, 3.63) is 29.6 Å². The maximum Gasteiger partial charge on any atom is 0.156 e. The molecule has 1 unspecified atom stereocenters. The summed E-state index contributed by atoms with van der Waals surface area (Å²) in [5.41, 5.74) is 6.18. The highest BCUT2D eigenvalue weighted by molar-refractivity contribution is 5.36. The first-order chi connectivity index (χ1) is 6.07. The zero-order chi connectivity index (χ0) is 9.47. The molecular formula is C10H12FNO. The SMILES string of the molecule is CC1(N)CCc2ccc(F)cc2O1. The summed E-state index contributed by atoms with van der Waals surface area (Å²) in [6.07, 6.45) is 1.62. The predicted molar refractivity (Wildman–Crippen MR) is 47.9 cm³/mol. The Balaban J connectivity index is 2.38. The van der Waals surface area contributed by atoms with Gasteiger partial charge in [0.15, 0.2) is 5.72 Å². The van der Waals surface area contributed by atoms with Crippen LogP contribution in [0.15, 0.2) is 18.2 Å². The summed E-state index contributed by atoms with van der Waals surface area (Å²) in [5, 5.41) is 0. The highest BCUT2D eigenvalue weighted by Crippen LogP contribution is 2.30. The van der Waals surface area contributed by atoms with Gasteiger partial charge >= 0.3 is 0 Å². The molecule has 1 aromatic rings. The Morgan fingerprint density at radius 2 is 2.31 bits per heavy atom. The van der Waals surface area contributed by atoms with Crippen molar-refractivity contribution in [1.29, 1.82) is 0 Å². The molecule has 0 aliphatic carbocycles. The summed E-state index contributed by atoms with van der Waals surface area (Å²) in [5.74, 6) is 0.299. The molecule has 0 radical (unpaired) electrons. The lowest BCUT2D eigenvalue weighted by Crippen LogP contribution is -2.45. The fourth-order valence-corrected chi connectivity index (χ4v) is 1.52. The number of benzene rings is 1. The van der Waals surface area contributed by atoms with Crippen molar-refractivity contribution in [2.75, 3.05) is 0 Å². The van der Waals surface area contributed by atoms with Gasteiger partial charge in [0.1, 0.15) is 11.6 Å². The van der Waals surface area contributed by atoms with Crippen molar-refractivity contribution in [3.8, 4) is 5.75 Å². The van der Waals surface area contributed by atoms with Crippen LogP contribution >= 0.6 is 0 Å². The summed E-state index contributed by atoms with van der Waals surface area (Å²) >= 11 is 0. The highest BCUT2D eigenvalue weighted by atomic mass is 19.1. The minimum absolute atomic E-state index is 0.281. The molecule has 1 aromatic carbocycles. The van der Waals surface area contributed by atoms with E-state index in [-0.39, 0.29) is 5.82 Å². The van der Waals surface area contributed by atoms with Crippen molar-refractivity contribution in [2.45, 2.75) is 25.5 Å². The van der Waals surface area contributed by atoms with Crippen LogP contribution in [0.25, 0.3) is 0 Å². The molecule has 2 rings (SSSR count). The van der Waals surface area contributed by atoms with E-state index in [1.807, 2.05) is 0 Å². The molecule has 0 bridgehead atoms. The van der Waals surface area contributed by atoms with Crippen LogP contribution in [-0.4, -0.2) is 5.72 Å². The van der Waals surface area contributed by atoms with Crippen LogP contribution in [0.4, 0.5) is 4.39 Å². The average Bonchev–Trinajstić information content (AvgIpc) is 2.01. The number of fused-ring (bicyclic) bond motifs is 1. The van der Waals surface area contributed by atoms with E-state index in [4.69, 9.17) is 10.5 Å². The van der Waals surface area contributed by atoms with Crippen LogP contribution in [0.2, 0.25) is 0 Å². The number of aryl methyl sites for hydroxylation is 1. The molecule has 0 spiro atoms. The molecule has 1 atom stereocenters. The molecular weight excluding hydrogens is 169 g/mol. The second kappa shape index (κ2) is 2.70. The normalized spacial score (nSPS) is 26.4. The smallest absolute Gasteiger partial charge is 0.156 e. The Morgan fingerprint density at radius 1 is 1.54 bits per heavy atom. The maximum atomic E-state index is 12.8. The highest BCUT2D eigenvalue weighted by Gasteiger charge is 2.26. The second-order valence-electron chi connectivity index (χ2n) is 3.67. The molecule has 1 heterocycles. The van der Waals surface area contributed by atoms with Gasteiger partial charge in [0.05, 0.1) is 0 Å². The quantitative estimate of drug-likeness (QED) is 0.662. The molecule has 1 aliphatic heterocycles. The largest absolute Gasteiger partial charge is 0.473 e. The molecule has 1 aliphatic rings. The van der Waals surface area contributed by atoms with Gasteiger partial charge in [-0.1, -0.05) is 6.07 Å². The third kappa shape index (κ3) is 1.65. The van der Waals surface area contributed by atoms with Gasteiger partial charge in [-0.05, 0) is 25.0 Å².